The van der Waals surface area contributed by atoms with Crippen LogP contribution in [0.2, 0.25) is 5.02 Å². The van der Waals surface area contributed by atoms with Gasteiger partial charge in [-0.15, -0.1) is 0 Å². The molecule has 0 spiro atoms. The molecular formula is C13H17ClN2O2. The van der Waals surface area contributed by atoms with Gasteiger partial charge in [0.15, 0.2) is 0 Å². The fraction of sp³-hybridized carbons (Fsp3) is 0.462. The van der Waals surface area contributed by atoms with Gasteiger partial charge in [-0.2, -0.15) is 0 Å². The quantitative estimate of drug-likeness (QED) is 0.906. The summed E-state index contributed by atoms with van der Waals surface area (Å²) < 4.78 is 0. The van der Waals surface area contributed by atoms with Crippen molar-refractivity contribution in [2.24, 2.45) is 0 Å². The van der Waals surface area contributed by atoms with Gasteiger partial charge in [-0.3, -0.25) is 9.69 Å². The minimum absolute atomic E-state index is 0.0913. The van der Waals surface area contributed by atoms with Crippen LogP contribution in [0.25, 0.3) is 0 Å². The Hall–Kier alpha value is -1.26. The van der Waals surface area contributed by atoms with E-state index in [-0.39, 0.29) is 6.54 Å². The third-order valence-electron chi connectivity index (χ3n) is 3.34. The molecule has 1 atom stereocenters. The fourth-order valence-electron chi connectivity index (χ4n) is 2.35. The molecule has 0 radical (unpaired) electrons. The minimum Gasteiger partial charge on any atom is -0.480 e. The third-order valence-corrected chi connectivity index (χ3v) is 3.58. The molecular weight excluding hydrogens is 252 g/mol. The molecule has 1 fully saturated rings. The Morgan fingerprint density at radius 2 is 2.39 bits per heavy atom. The third kappa shape index (κ3) is 3.15. The number of rotatable bonds is 4. The average molecular weight is 269 g/mol. The SMILES string of the molecule is CN(CC(=O)O)C1CCN(c2cccc(Cl)c2)C1. The van der Waals surface area contributed by atoms with Crippen molar-refractivity contribution in [2.75, 3.05) is 31.6 Å². The summed E-state index contributed by atoms with van der Waals surface area (Å²) in [6.45, 7) is 1.88. The lowest BCUT2D eigenvalue weighted by molar-refractivity contribution is -0.138. The highest BCUT2D eigenvalue weighted by molar-refractivity contribution is 6.30. The Morgan fingerprint density at radius 1 is 1.61 bits per heavy atom. The Balaban J connectivity index is 1.98. The molecule has 0 aliphatic carbocycles. The van der Waals surface area contributed by atoms with Crippen LogP contribution in [-0.2, 0) is 4.79 Å². The van der Waals surface area contributed by atoms with Crippen molar-refractivity contribution in [3.05, 3.63) is 29.3 Å². The van der Waals surface area contributed by atoms with Crippen LogP contribution in [0.5, 0.6) is 0 Å². The van der Waals surface area contributed by atoms with Crippen molar-refractivity contribution < 1.29 is 9.90 Å². The second-order valence-corrected chi connectivity index (χ2v) is 5.11. The molecule has 98 valence electrons. The van der Waals surface area contributed by atoms with Crippen LogP contribution in [0.4, 0.5) is 5.69 Å². The summed E-state index contributed by atoms with van der Waals surface area (Å²) in [4.78, 5) is 14.8. The number of carbonyl (C=O) groups is 1. The topological polar surface area (TPSA) is 43.8 Å². The van der Waals surface area contributed by atoms with Gasteiger partial charge >= 0.3 is 5.97 Å². The molecule has 5 heteroatoms. The molecule has 1 N–H and O–H groups in total. The molecule has 1 aromatic carbocycles. The van der Waals surface area contributed by atoms with Crippen molar-refractivity contribution in [3.8, 4) is 0 Å². The van der Waals surface area contributed by atoms with E-state index in [0.29, 0.717) is 6.04 Å². The van der Waals surface area contributed by atoms with E-state index < -0.39 is 5.97 Å². The van der Waals surface area contributed by atoms with Gasteiger partial charge in [0.05, 0.1) is 6.54 Å². The maximum atomic E-state index is 10.7. The van der Waals surface area contributed by atoms with Gasteiger partial charge < -0.3 is 10.0 Å². The molecule has 18 heavy (non-hydrogen) atoms. The number of halogens is 1. The maximum absolute atomic E-state index is 10.7. The van der Waals surface area contributed by atoms with E-state index >= 15 is 0 Å². The van der Waals surface area contributed by atoms with Crippen LogP contribution in [-0.4, -0.2) is 48.7 Å². The van der Waals surface area contributed by atoms with E-state index in [4.69, 9.17) is 16.7 Å². The number of anilines is 1. The highest BCUT2D eigenvalue weighted by atomic mass is 35.5. The Kier molecular flexibility index (Phi) is 4.09. The van der Waals surface area contributed by atoms with E-state index in [0.717, 1.165) is 30.2 Å². The summed E-state index contributed by atoms with van der Waals surface area (Å²) in [5.41, 5.74) is 1.11. The largest absolute Gasteiger partial charge is 0.480 e. The zero-order valence-corrected chi connectivity index (χ0v) is 11.1. The summed E-state index contributed by atoms with van der Waals surface area (Å²) in [7, 11) is 1.86. The van der Waals surface area contributed by atoms with Crippen molar-refractivity contribution in [1.29, 1.82) is 0 Å². The average Bonchev–Trinajstić information content (AvgIpc) is 2.77. The molecule has 2 rings (SSSR count). The Bertz CT molecular complexity index is 439. The first-order valence-corrected chi connectivity index (χ1v) is 6.36. The lowest BCUT2D eigenvalue weighted by Crippen LogP contribution is -2.37. The van der Waals surface area contributed by atoms with Gasteiger partial charge in [-0.25, -0.2) is 0 Å². The van der Waals surface area contributed by atoms with Crippen molar-refractivity contribution in [1.82, 2.24) is 4.90 Å². The lowest BCUT2D eigenvalue weighted by atomic mass is 10.2. The normalized spacial score (nSPS) is 19.5. The summed E-state index contributed by atoms with van der Waals surface area (Å²) in [5, 5.41) is 9.52. The highest BCUT2D eigenvalue weighted by Gasteiger charge is 2.26. The molecule has 1 aromatic rings. The van der Waals surface area contributed by atoms with Gasteiger partial charge in [0.1, 0.15) is 0 Å². The van der Waals surface area contributed by atoms with Crippen LogP contribution in [0.15, 0.2) is 24.3 Å². The number of carboxylic acid groups (broad SMARTS) is 1. The molecule has 1 unspecified atom stereocenters. The molecule has 4 nitrogen and oxygen atoms in total. The molecule has 1 heterocycles. The number of hydrogen-bond donors (Lipinski definition) is 1. The monoisotopic (exact) mass is 268 g/mol. The van der Waals surface area contributed by atoms with Crippen LogP contribution in [0.1, 0.15) is 6.42 Å². The first-order valence-electron chi connectivity index (χ1n) is 5.99. The summed E-state index contributed by atoms with van der Waals surface area (Å²) in [5.74, 6) is -0.779. The van der Waals surface area contributed by atoms with Crippen LogP contribution >= 0.6 is 11.6 Å². The predicted molar refractivity (Wildman–Crippen MR) is 72.3 cm³/mol. The lowest BCUT2D eigenvalue weighted by Gasteiger charge is -2.23. The molecule has 1 saturated heterocycles. The highest BCUT2D eigenvalue weighted by Crippen LogP contribution is 2.24. The summed E-state index contributed by atoms with van der Waals surface area (Å²) in [6, 6.07) is 8.06. The molecule has 0 amide bonds. The van der Waals surface area contributed by atoms with E-state index in [1.807, 2.05) is 36.2 Å². The van der Waals surface area contributed by atoms with E-state index in [1.54, 1.807) is 0 Å². The van der Waals surface area contributed by atoms with E-state index in [2.05, 4.69) is 4.90 Å². The number of likely N-dealkylation sites (N-methyl/N-ethyl adjacent to an activating group) is 1. The molecule has 0 aromatic heterocycles. The number of hydrogen-bond acceptors (Lipinski definition) is 3. The van der Waals surface area contributed by atoms with Gasteiger partial charge in [0, 0.05) is 29.8 Å². The molecule has 0 bridgehead atoms. The number of aliphatic carboxylic acids is 1. The van der Waals surface area contributed by atoms with Crippen LogP contribution < -0.4 is 4.90 Å². The standard InChI is InChI=1S/C13H17ClN2O2/c1-15(9-13(17)18)12-5-6-16(8-12)11-4-2-3-10(14)7-11/h2-4,7,12H,5-6,8-9H2,1H3,(H,17,18). The number of nitrogens with zero attached hydrogens (tertiary/aromatic N) is 2. The van der Waals surface area contributed by atoms with Crippen molar-refractivity contribution >= 4 is 23.3 Å². The zero-order chi connectivity index (χ0) is 13.1. The van der Waals surface area contributed by atoms with Gasteiger partial charge in [-0.05, 0) is 31.7 Å². The second-order valence-electron chi connectivity index (χ2n) is 4.68. The first kappa shape index (κ1) is 13.2. The van der Waals surface area contributed by atoms with Gasteiger partial charge in [-0.1, -0.05) is 17.7 Å². The Labute approximate surface area is 112 Å². The van der Waals surface area contributed by atoms with E-state index in [9.17, 15) is 4.79 Å². The number of carboxylic acids is 1. The summed E-state index contributed by atoms with van der Waals surface area (Å²) >= 11 is 5.98. The molecule has 1 aliphatic heterocycles. The first-order chi connectivity index (χ1) is 8.56. The van der Waals surface area contributed by atoms with Crippen LogP contribution in [0.3, 0.4) is 0 Å². The Morgan fingerprint density at radius 3 is 3.06 bits per heavy atom. The van der Waals surface area contributed by atoms with Crippen LogP contribution in [0, 0.1) is 0 Å². The van der Waals surface area contributed by atoms with Gasteiger partial charge in [0.25, 0.3) is 0 Å². The maximum Gasteiger partial charge on any atom is 0.317 e. The van der Waals surface area contributed by atoms with E-state index in [1.165, 1.54) is 0 Å². The summed E-state index contributed by atoms with van der Waals surface area (Å²) in [6.07, 6.45) is 0.982. The fourth-order valence-corrected chi connectivity index (χ4v) is 2.54. The van der Waals surface area contributed by atoms with Crippen molar-refractivity contribution in [3.63, 3.8) is 0 Å². The second kappa shape index (κ2) is 5.59. The smallest absolute Gasteiger partial charge is 0.317 e. The zero-order valence-electron chi connectivity index (χ0n) is 10.3. The minimum atomic E-state index is -0.779. The molecule has 1 aliphatic rings. The predicted octanol–water partition coefficient (Wildman–Crippen LogP) is 1.94. The van der Waals surface area contributed by atoms with Gasteiger partial charge in [0.2, 0.25) is 0 Å². The van der Waals surface area contributed by atoms with Crippen molar-refractivity contribution in [2.45, 2.75) is 12.5 Å². The molecule has 0 saturated carbocycles. The number of benzene rings is 1.